The molecule has 3 aliphatic rings. The number of hydrogen-bond donors (Lipinski definition) is 0. The number of anilines is 3. The number of para-hydroxylation sites is 1. The lowest BCUT2D eigenvalue weighted by Crippen LogP contribution is -2.40. The van der Waals surface area contributed by atoms with Crippen LogP contribution >= 0.6 is 0 Å². The minimum Gasteiger partial charge on any atom is -0.310 e. The number of nitrogens with zero attached hydrogens (tertiary/aromatic N) is 1. The van der Waals surface area contributed by atoms with Crippen LogP contribution in [0.5, 0.6) is 0 Å². The van der Waals surface area contributed by atoms with Gasteiger partial charge in [0, 0.05) is 27.8 Å². The Morgan fingerprint density at radius 2 is 0.742 bits per heavy atom. The normalized spacial score (nSPS) is 15.2. The van der Waals surface area contributed by atoms with E-state index >= 15 is 0 Å². The van der Waals surface area contributed by atoms with E-state index in [1.165, 1.54) is 89.0 Å². The van der Waals surface area contributed by atoms with Crippen LogP contribution in [0.3, 0.4) is 0 Å². The van der Waals surface area contributed by atoms with E-state index in [0.717, 1.165) is 17.1 Å². The van der Waals surface area contributed by atoms with Crippen molar-refractivity contribution in [2.45, 2.75) is 43.9 Å². The third-order valence-electron chi connectivity index (χ3n) is 14.6. The highest BCUT2D eigenvalue weighted by molar-refractivity contribution is 5.93. The molecule has 1 heteroatoms. The van der Waals surface area contributed by atoms with Crippen molar-refractivity contribution in [3.05, 3.63) is 257 Å². The molecule has 12 rings (SSSR count). The number of fused-ring (bicyclic) bond motifs is 12. The van der Waals surface area contributed by atoms with Crippen LogP contribution in [-0.4, -0.2) is 0 Å². The summed E-state index contributed by atoms with van der Waals surface area (Å²) < 4.78 is 0. The summed E-state index contributed by atoms with van der Waals surface area (Å²) in [4.78, 5) is 2.45. The van der Waals surface area contributed by atoms with Crippen molar-refractivity contribution >= 4 is 17.1 Å². The van der Waals surface area contributed by atoms with Gasteiger partial charge in [0.05, 0.1) is 11.1 Å². The summed E-state index contributed by atoms with van der Waals surface area (Å²) in [5.41, 5.74) is 23.9. The molecular weight excluding hydrogens is 747 g/mol. The summed E-state index contributed by atoms with van der Waals surface area (Å²) in [5.74, 6) is 0. The van der Waals surface area contributed by atoms with Gasteiger partial charge in [-0.3, -0.25) is 0 Å². The second-order valence-electron chi connectivity index (χ2n) is 18.4. The molecular formula is C61H47N. The van der Waals surface area contributed by atoms with Crippen LogP contribution in [0.2, 0.25) is 0 Å². The van der Waals surface area contributed by atoms with Crippen LogP contribution in [0.4, 0.5) is 17.1 Å². The van der Waals surface area contributed by atoms with Crippen LogP contribution in [0.15, 0.2) is 212 Å². The van der Waals surface area contributed by atoms with Crippen molar-refractivity contribution in [1.29, 1.82) is 0 Å². The zero-order valence-electron chi connectivity index (χ0n) is 35.7. The summed E-state index contributed by atoms with van der Waals surface area (Å²) in [6.45, 7) is 9.50. The molecule has 1 spiro atoms. The van der Waals surface area contributed by atoms with Crippen LogP contribution < -0.4 is 4.90 Å². The summed E-state index contributed by atoms with van der Waals surface area (Å²) in [7, 11) is 0. The predicted molar refractivity (Wildman–Crippen MR) is 259 cm³/mol. The molecule has 0 atom stereocenters. The average molecular weight is 794 g/mol. The average Bonchev–Trinajstić information content (AvgIpc) is 3.74. The Hall–Kier alpha value is -7.22. The van der Waals surface area contributed by atoms with Gasteiger partial charge in [0.25, 0.3) is 0 Å². The van der Waals surface area contributed by atoms with Gasteiger partial charge in [-0.2, -0.15) is 0 Å². The SMILES string of the molecule is CC1(C)c2ccccc2-c2ccc(N(c3ccc(-c4ccc5c(c4)-c4ccccc4C54c5ccccc5C(C)(C)c5ccccc54)cc3)c3ccccc3-c3ccccc3)cc21. The highest BCUT2D eigenvalue weighted by atomic mass is 15.1. The molecule has 9 aromatic carbocycles. The maximum atomic E-state index is 2.45. The molecule has 0 saturated carbocycles. The first kappa shape index (κ1) is 36.6. The molecule has 3 aliphatic carbocycles. The van der Waals surface area contributed by atoms with E-state index in [1.54, 1.807) is 0 Å². The Morgan fingerprint density at radius 1 is 0.274 bits per heavy atom. The highest BCUT2D eigenvalue weighted by Crippen LogP contribution is 2.62. The zero-order valence-corrected chi connectivity index (χ0v) is 35.7. The number of hydrogen-bond acceptors (Lipinski definition) is 1. The molecule has 0 aromatic heterocycles. The smallest absolute Gasteiger partial charge is 0.0719 e. The summed E-state index contributed by atoms with van der Waals surface area (Å²) >= 11 is 0. The third-order valence-corrected chi connectivity index (χ3v) is 14.6. The molecule has 0 unspecified atom stereocenters. The standard InChI is InChI=1S/C61H47N/c1-59(2)50-23-11-8-21-46(50)48-36-35-44(39-57(48)59)62(58-29-17-10-20-45(58)41-18-6-5-7-19-41)43-33-30-40(31-34-43)42-32-37-52-49(38-42)47-22-9-12-24-51(47)61(52)55-27-15-13-25-53(55)60(3,4)54-26-14-16-28-56(54)61/h5-39H,1-4H3. The first-order valence-corrected chi connectivity index (χ1v) is 22.0. The van der Waals surface area contributed by atoms with Crippen molar-refractivity contribution in [1.82, 2.24) is 0 Å². The minimum atomic E-state index is -0.393. The zero-order chi connectivity index (χ0) is 41.8. The molecule has 9 aromatic rings. The lowest BCUT2D eigenvalue weighted by atomic mass is 9.55. The molecule has 0 saturated heterocycles. The van der Waals surface area contributed by atoms with E-state index < -0.39 is 5.41 Å². The fourth-order valence-corrected chi connectivity index (χ4v) is 11.6. The van der Waals surface area contributed by atoms with Gasteiger partial charge in [-0.1, -0.05) is 204 Å². The second-order valence-corrected chi connectivity index (χ2v) is 18.4. The van der Waals surface area contributed by atoms with Gasteiger partial charge in [0.1, 0.15) is 0 Å². The van der Waals surface area contributed by atoms with E-state index in [-0.39, 0.29) is 10.8 Å². The van der Waals surface area contributed by atoms with Crippen LogP contribution in [-0.2, 0) is 16.2 Å². The van der Waals surface area contributed by atoms with Crippen molar-refractivity contribution < 1.29 is 0 Å². The minimum absolute atomic E-state index is 0.112. The highest BCUT2D eigenvalue weighted by Gasteiger charge is 2.53. The van der Waals surface area contributed by atoms with Crippen molar-refractivity contribution in [3.63, 3.8) is 0 Å². The van der Waals surface area contributed by atoms with Crippen LogP contribution in [0.25, 0.3) is 44.5 Å². The van der Waals surface area contributed by atoms with Gasteiger partial charge < -0.3 is 4.90 Å². The van der Waals surface area contributed by atoms with Gasteiger partial charge in [0.2, 0.25) is 0 Å². The molecule has 296 valence electrons. The largest absolute Gasteiger partial charge is 0.310 e. The van der Waals surface area contributed by atoms with Gasteiger partial charge >= 0.3 is 0 Å². The third kappa shape index (κ3) is 5.03. The second kappa shape index (κ2) is 13.4. The molecule has 0 aliphatic heterocycles. The Morgan fingerprint density at radius 3 is 1.42 bits per heavy atom. The molecule has 62 heavy (non-hydrogen) atoms. The summed E-state index contributed by atoms with van der Waals surface area (Å²) in [6.07, 6.45) is 0. The van der Waals surface area contributed by atoms with Crippen LogP contribution in [0, 0.1) is 0 Å². The topological polar surface area (TPSA) is 3.24 Å². The lowest BCUT2D eigenvalue weighted by molar-refractivity contribution is 0.563. The fraction of sp³-hybridized carbons (Fsp3) is 0.115. The van der Waals surface area contributed by atoms with E-state index in [4.69, 9.17) is 0 Å². The van der Waals surface area contributed by atoms with Crippen molar-refractivity contribution in [3.8, 4) is 44.5 Å². The molecule has 0 bridgehead atoms. The molecule has 0 heterocycles. The van der Waals surface area contributed by atoms with Crippen molar-refractivity contribution in [2.24, 2.45) is 0 Å². The lowest BCUT2D eigenvalue weighted by Gasteiger charge is -2.46. The number of rotatable bonds is 5. The first-order chi connectivity index (χ1) is 30.3. The van der Waals surface area contributed by atoms with Gasteiger partial charge in [-0.25, -0.2) is 0 Å². The number of benzene rings is 9. The van der Waals surface area contributed by atoms with E-state index in [1.807, 2.05) is 0 Å². The van der Waals surface area contributed by atoms with E-state index in [0.29, 0.717) is 0 Å². The molecule has 0 radical (unpaired) electrons. The van der Waals surface area contributed by atoms with E-state index in [9.17, 15) is 0 Å². The Bertz CT molecular complexity index is 3190. The predicted octanol–water partition coefficient (Wildman–Crippen LogP) is 15.8. The summed E-state index contributed by atoms with van der Waals surface area (Å²) in [5, 5.41) is 0. The molecule has 1 nitrogen and oxygen atoms in total. The molecule has 0 N–H and O–H groups in total. The first-order valence-electron chi connectivity index (χ1n) is 22.0. The maximum Gasteiger partial charge on any atom is 0.0719 e. The summed E-state index contributed by atoms with van der Waals surface area (Å²) in [6, 6.07) is 79.5. The van der Waals surface area contributed by atoms with Crippen molar-refractivity contribution in [2.75, 3.05) is 4.90 Å². The maximum absolute atomic E-state index is 2.45. The Balaban J connectivity index is 1.00. The van der Waals surface area contributed by atoms with E-state index in [2.05, 4.69) is 245 Å². The monoisotopic (exact) mass is 793 g/mol. The quantitative estimate of drug-likeness (QED) is 0.168. The van der Waals surface area contributed by atoms with Crippen LogP contribution in [0.1, 0.15) is 72.2 Å². The van der Waals surface area contributed by atoms with Gasteiger partial charge in [0.15, 0.2) is 0 Å². The van der Waals surface area contributed by atoms with Gasteiger partial charge in [-0.15, -0.1) is 0 Å². The fourth-order valence-electron chi connectivity index (χ4n) is 11.6. The Kier molecular flexibility index (Phi) is 7.91. The molecule has 0 amide bonds. The van der Waals surface area contributed by atoms with Gasteiger partial charge in [-0.05, 0) is 120 Å². The Labute approximate surface area is 365 Å². The molecule has 0 fully saturated rings.